The van der Waals surface area contributed by atoms with E-state index in [2.05, 4.69) is 10.3 Å². The zero-order valence-corrected chi connectivity index (χ0v) is 18.8. The number of carbonyl (C=O) groups excluding carboxylic acids is 1. The van der Waals surface area contributed by atoms with Crippen LogP contribution in [0.3, 0.4) is 0 Å². The van der Waals surface area contributed by atoms with Crippen molar-refractivity contribution in [1.29, 1.82) is 0 Å². The first-order chi connectivity index (χ1) is 15.1. The van der Waals surface area contributed by atoms with Gasteiger partial charge in [-0.05, 0) is 19.1 Å². The minimum Gasteiger partial charge on any atom is -0.463 e. The maximum absolute atomic E-state index is 13.1. The average Bonchev–Trinajstić information content (AvgIpc) is 2.73. The van der Waals surface area contributed by atoms with E-state index in [0.717, 1.165) is 5.39 Å². The van der Waals surface area contributed by atoms with Crippen LogP contribution in [0.15, 0.2) is 53.2 Å². The summed E-state index contributed by atoms with van der Waals surface area (Å²) in [4.78, 5) is 30.9. The number of ether oxygens (including phenoxy) is 1. The number of nitrogens with zero attached hydrogens (tertiary/aromatic N) is 3. The van der Waals surface area contributed by atoms with Crippen molar-refractivity contribution >= 4 is 28.5 Å². The number of carbonyl (C=O) groups is 1. The number of nitro groups is 1. The monoisotopic (exact) mass is 457 g/mol. The summed E-state index contributed by atoms with van der Waals surface area (Å²) < 4.78 is 5.26. The van der Waals surface area contributed by atoms with Gasteiger partial charge in [0, 0.05) is 29.5 Å². The highest BCUT2D eigenvalue weighted by Crippen LogP contribution is 2.45. The van der Waals surface area contributed by atoms with E-state index in [1.807, 2.05) is 32.0 Å². The third-order valence-corrected chi connectivity index (χ3v) is 5.97. The molecule has 32 heavy (non-hydrogen) atoms. The van der Waals surface area contributed by atoms with Crippen molar-refractivity contribution in [2.45, 2.75) is 26.7 Å². The lowest BCUT2D eigenvalue weighted by molar-refractivity contribution is -0.432. The highest BCUT2D eigenvalue weighted by molar-refractivity contribution is 6.30. The molecule has 3 heterocycles. The van der Waals surface area contributed by atoms with Crippen LogP contribution in [-0.4, -0.2) is 40.5 Å². The zero-order chi connectivity index (χ0) is 23.2. The van der Waals surface area contributed by atoms with E-state index < -0.39 is 16.8 Å². The predicted molar refractivity (Wildman–Crippen MR) is 120 cm³/mol. The minimum absolute atomic E-state index is 0.0132. The number of allylic oxidation sites excluding steroid dienone is 1. The summed E-state index contributed by atoms with van der Waals surface area (Å²) in [6, 6.07) is 8.99. The number of esters is 1. The molecule has 168 valence electrons. The average molecular weight is 458 g/mol. The molecule has 4 rings (SSSR count). The maximum atomic E-state index is 13.1. The second kappa shape index (κ2) is 7.98. The van der Waals surface area contributed by atoms with Crippen molar-refractivity contribution in [3.8, 4) is 0 Å². The Hall–Kier alpha value is -3.33. The Morgan fingerprint density at radius 2 is 2.16 bits per heavy atom. The van der Waals surface area contributed by atoms with Crippen LogP contribution in [0.1, 0.15) is 32.3 Å². The summed E-state index contributed by atoms with van der Waals surface area (Å²) in [6.45, 7) is 6.69. The lowest BCUT2D eigenvalue weighted by Gasteiger charge is -2.44. The summed E-state index contributed by atoms with van der Waals surface area (Å²) in [5.41, 5.74) is 6.99. The number of pyridine rings is 1. The summed E-state index contributed by atoms with van der Waals surface area (Å²) in [6.07, 6.45) is 0. The van der Waals surface area contributed by atoms with Gasteiger partial charge in [-0.15, -0.1) is 0 Å². The molecule has 9 nitrogen and oxygen atoms in total. The standard InChI is InChI=1S/C22H24ClN5O4/c1-4-32-21(29)16-15(13-9-12-7-5-6-8-14(12)26-18(13)23)17(28(30)31)20-25-10-22(2,3)11-27(20)19(16)24/h5-9,15,25H,4,10-11,24H2,1-3H3. The van der Waals surface area contributed by atoms with E-state index in [1.165, 1.54) is 0 Å². The number of aromatic nitrogens is 1. The zero-order valence-electron chi connectivity index (χ0n) is 18.0. The second-order valence-corrected chi connectivity index (χ2v) is 8.97. The highest BCUT2D eigenvalue weighted by atomic mass is 35.5. The molecule has 1 aromatic heterocycles. The van der Waals surface area contributed by atoms with E-state index in [4.69, 9.17) is 22.1 Å². The van der Waals surface area contributed by atoms with Crippen LogP contribution in [-0.2, 0) is 9.53 Å². The molecule has 0 aliphatic carbocycles. The van der Waals surface area contributed by atoms with Gasteiger partial charge in [0.15, 0.2) is 5.82 Å². The fraction of sp³-hybridized carbons (Fsp3) is 0.364. The summed E-state index contributed by atoms with van der Waals surface area (Å²) in [5, 5.41) is 16.3. The first-order valence-corrected chi connectivity index (χ1v) is 10.6. The van der Waals surface area contributed by atoms with E-state index in [-0.39, 0.29) is 40.1 Å². The number of benzene rings is 1. The topological polar surface area (TPSA) is 124 Å². The molecule has 10 heteroatoms. The molecule has 0 bridgehead atoms. The molecule has 0 saturated carbocycles. The Morgan fingerprint density at radius 3 is 2.84 bits per heavy atom. The number of halogens is 1. The van der Waals surface area contributed by atoms with Crippen LogP contribution in [0.25, 0.3) is 10.9 Å². The molecule has 1 atom stereocenters. The normalized spacial score (nSPS) is 20.1. The molecular weight excluding hydrogens is 434 g/mol. The lowest BCUT2D eigenvalue weighted by atomic mass is 9.83. The number of hydrogen-bond acceptors (Lipinski definition) is 8. The van der Waals surface area contributed by atoms with Gasteiger partial charge in [0.2, 0.25) is 0 Å². The van der Waals surface area contributed by atoms with Crippen LogP contribution in [0.5, 0.6) is 0 Å². The number of fused-ring (bicyclic) bond motifs is 2. The van der Waals surface area contributed by atoms with Gasteiger partial charge in [-0.25, -0.2) is 9.78 Å². The van der Waals surface area contributed by atoms with Crippen LogP contribution in [0.2, 0.25) is 5.15 Å². The molecule has 3 N–H and O–H groups in total. The van der Waals surface area contributed by atoms with Crippen LogP contribution >= 0.6 is 11.6 Å². The predicted octanol–water partition coefficient (Wildman–Crippen LogP) is 3.10. The molecule has 2 aromatic rings. The molecular formula is C22H24ClN5O4. The Bertz CT molecular complexity index is 1190. The van der Waals surface area contributed by atoms with Gasteiger partial charge in [-0.2, -0.15) is 0 Å². The third-order valence-electron chi connectivity index (χ3n) is 5.67. The first kappa shape index (κ1) is 21.9. The van der Waals surface area contributed by atoms with Gasteiger partial charge < -0.3 is 20.7 Å². The van der Waals surface area contributed by atoms with Crippen molar-refractivity contribution < 1.29 is 14.5 Å². The Morgan fingerprint density at radius 1 is 1.44 bits per heavy atom. The molecule has 1 saturated heterocycles. The molecule has 0 spiro atoms. The van der Waals surface area contributed by atoms with Gasteiger partial charge in [0.25, 0.3) is 5.70 Å². The van der Waals surface area contributed by atoms with Gasteiger partial charge in [0.1, 0.15) is 16.9 Å². The molecule has 1 unspecified atom stereocenters. The minimum atomic E-state index is -1.14. The van der Waals surface area contributed by atoms with Gasteiger partial charge >= 0.3 is 5.97 Å². The molecule has 0 radical (unpaired) electrons. The number of nitrogens with two attached hydrogens (primary N) is 1. The van der Waals surface area contributed by atoms with Gasteiger partial charge in [0.05, 0.1) is 22.6 Å². The summed E-state index contributed by atoms with van der Waals surface area (Å²) in [7, 11) is 0. The van der Waals surface area contributed by atoms with Crippen molar-refractivity contribution in [3.05, 3.63) is 74.1 Å². The van der Waals surface area contributed by atoms with Crippen LogP contribution < -0.4 is 11.1 Å². The summed E-state index contributed by atoms with van der Waals surface area (Å²) >= 11 is 6.52. The van der Waals surface area contributed by atoms with Crippen molar-refractivity contribution in [1.82, 2.24) is 15.2 Å². The Labute approximate surface area is 190 Å². The van der Waals surface area contributed by atoms with Crippen LogP contribution in [0, 0.1) is 15.5 Å². The maximum Gasteiger partial charge on any atom is 0.338 e. The number of hydrogen-bond donors (Lipinski definition) is 2. The lowest BCUT2D eigenvalue weighted by Crippen LogP contribution is -2.54. The van der Waals surface area contributed by atoms with Crippen molar-refractivity contribution in [2.75, 3.05) is 19.7 Å². The Kier molecular flexibility index (Phi) is 5.46. The number of rotatable bonds is 4. The first-order valence-electron chi connectivity index (χ1n) is 10.3. The summed E-state index contributed by atoms with van der Waals surface area (Å²) in [5.74, 6) is -1.50. The number of nitrogens with one attached hydrogen (secondary N) is 1. The van der Waals surface area contributed by atoms with Gasteiger partial charge in [-0.1, -0.05) is 43.6 Å². The molecule has 1 aromatic carbocycles. The number of para-hydroxylation sites is 1. The highest BCUT2D eigenvalue weighted by Gasteiger charge is 2.49. The SMILES string of the molecule is CCOC(=O)C1=C(N)N2CC(C)(C)CNC2=C([N+](=O)[O-])C1c1cc2ccccc2nc1Cl. The quantitative estimate of drug-likeness (QED) is 0.310. The Balaban J connectivity index is 2.00. The third kappa shape index (κ3) is 3.62. The van der Waals surface area contributed by atoms with E-state index >= 15 is 0 Å². The fourth-order valence-corrected chi connectivity index (χ4v) is 4.47. The van der Waals surface area contributed by atoms with E-state index in [1.54, 1.807) is 24.0 Å². The van der Waals surface area contributed by atoms with Gasteiger partial charge in [-0.3, -0.25) is 10.1 Å². The molecule has 2 aliphatic heterocycles. The van der Waals surface area contributed by atoms with Crippen LogP contribution in [0.4, 0.5) is 0 Å². The van der Waals surface area contributed by atoms with E-state index in [9.17, 15) is 14.9 Å². The largest absolute Gasteiger partial charge is 0.463 e. The molecule has 0 amide bonds. The van der Waals surface area contributed by atoms with Crippen molar-refractivity contribution in [2.24, 2.45) is 11.1 Å². The molecule has 1 fully saturated rings. The fourth-order valence-electron chi connectivity index (χ4n) is 4.22. The molecule has 2 aliphatic rings. The van der Waals surface area contributed by atoms with Crippen molar-refractivity contribution in [3.63, 3.8) is 0 Å². The second-order valence-electron chi connectivity index (χ2n) is 8.61. The smallest absolute Gasteiger partial charge is 0.338 e. The van der Waals surface area contributed by atoms with E-state index in [0.29, 0.717) is 24.2 Å².